The maximum atomic E-state index is 5.85. The molecule has 0 aliphatic heterocycles. The van der Waals surface area contributed by atoms with Crippen LogP contribution in [0.15, 0.2) is 28.9 Å². The van der Waals surface area contributed by atoms with E-state index in [2.05, 4.69) is 27.1 Å². The molecule has 1 aliphatic carbocycles. The summed E-state index contributed by atoms with van der Waals surface area (Å²) in [6, 6.07) is 6.17. The summed E-state index contributed by atoms with van der Waals surface area (Å²) in [6.07, 6.45) is 5.38. The first-order chi connectivity index (χ1) is 10.3. The van der Waals surface area contributed by atoms with E-state index >= 15 is 0 Å². The van der Waals surface area contributed by atoms with Gasteiger partial charge in [-0.2, -0.15) is 4.98 Å². The third kappa shape index (κ3) is 3.11. The SMILES string of the molecule is CN(Cc1nc(-c2ccccn2)no1)C1CCCC1CN. The summed E-state index contributed by atoms with van der Waals surface area (Å²) in [5.74, 6) is 1.75. The molecule has 112 valence electrons. The van der Waals surface area contributed by atoms with E-state index in [-0.39, 0.29) is 0 Å². The molecule has 0 bridgehead atoms. The van der Waals surface area contributed by atoms with Gasteiger partial charge in [0, 0.05) is 12.2 Å². The number of nitrogens with zero attached hydrogens (tertiary/aromatic N) is 4. The van der Waals surface area contributed by atoms with Gasteiger partial charge in [-0.05, 0) is 44.5 Å². The minimum Gasteiger partial charge on any atom is -0.337 e. The smallest absolute Gasteiger partial charge is 0.241 e. The van der Waals surface area contributed by atoms with E-state index in [1.807, 2.05) is 18.2 Å². The van der Waals surface area contributed by atoms with Crippen molar-refractivity contribution in [2.24, 2.45) is 11.7 Å². The van der Waals surface area contributed by atoms with Crippen LogP contribution in [0.1, 0.15) is 25.2 Å². The first-order valence-electron chi connectivity index (χ1n) is 7.42. The van der Waals surface area contributed by atoms with Crippen molar-refractivity contribution < 1.29 is 4.52 Å². The number of rotatable bonds is 5. The molecular weight excluding hydrogens is 266 g/mol. The summed E-state index contributed by atoms with van der Waals surface area (Å²) in [6.45, 7) is 1.40. The molecule has 0 saturated heterocycles. The molecule has 2 N–H and O–H groups in total. The highest BCUT2D eigenvalue weighted by Gasteiger charge is 2.30. The molecule has 2 unspecified atom stereocenters. The van der Waals surface area contributed by atoms with Crippen LogP contribution < -0.4 is 5.73 Å². The van der Waals surface area contributed by atoms with E-state index in [0.717, 1.165) is 12.2 Å². The highest BCUT2D eigenvalue weighted by molar-refractivity contribution is 5.46. The number of hydrogen-bond acceptors (Lipinski definition) is 6. The Morgan fingerprint density at radius 2 is 2.29 bits per heavy atom. The molecule has 6 nitrogen and oxygen atoms in total. The van der Waals surface area contributed by atoms with Crippen molar-refractivity contribution in [3.8, 4) is 11.5 Å². The summed E-state index contributed by atoms with van der Waals surface area (Å²) >= 11 is 0. The number of nitrogens with two attached hydrogens (primary N) is 1. The average molecular weight is 287 g/mol. The zero-order valence-corrected chi connectivity index (χ0v) is 12.3. The van der Waals surface area contributed by atoms with Crippen LogP contribution in [0, 0.1) is 5.92 Å². The summed E-state index contributed by atoms with van der Waals surface area (Å²) in [4.78, 5) is 10.9. The molecule has 0 aromatic carbocycles. The van der Waals surface area contributed by atoms with E-state index in [9.17, 15) is 0 Å². The Morgan fingerprint density at radius 1 is 1.38 bits per heavy atom. The fourth-order valence-corrected chi connectivity index (χ4v) is 3.12. The van der Waals surface area contributed by atoms with Crippen molar-refractivity contribution in [1.29, 1.82) is 0 Å². The molecule has 0 spiro atoms. The van der Waals surface area contributed by atoms with Gasteiger partial charge in [0.2, 0.25) is 11.7 Å². The van der Waals surface area contributed by atoms with Crippen LogP contribution in [0.3, 0.4) is 0 Å². The first-order valence-corrected chi connectivity index (χ1v) is 7.42. The molecule has 2 atom stereocenters. The molecule has 0 radical (unpaired) electrons. The van der Waals surface area contributed by atoms with E-state index in [1.165, 1.54) is 19.3 Å². The van der Waals surface area contributed by atoms with E-state index in [1.54, 1.807) is 6.20 Å². The van der Waals surface area contributed by atoms with Gasteiger partial charge in [-0.1, -0.05) is 17.6 Å². The largest absolute Gasteiger partial charge is 0.337 e. The third-order valence-electron chi connectivity index (χ3n) is 4.23. The second-order valence-corrected chi connectivity index (χ2v) is 5.64. The van der Waals surface area contributed by atoms with Crippen LogP contribution in [0.5, 0.6) is 0 Å². The molecule has 3 rings (SSSR count). The highest BCUT2D eigenvalue weighted by Crippen LogP contribution is 2.29. The molecule has 0 amide bonds. The van der Waals surface area contributed by atoms with Gasteiger partial charge >= 0.3 is 0 Å². The lowest BCUT2D eigenvalue weighted by molar-refractivity contribution is 0.171. The van der Waals surface area contributed by atoms with Crippen LogP contribution in [0.4, 0.5) is 0 Å². The maximum absolute atomic E-state index is 5.85. The van der Waals surface area contributed by atoms with Crippen molar-refractivity contribution in [2.45, 2.75) is 31.8 Å². The topological polar surface area (TPSA) is 81.1 Å². The van der Waals surface area contributed by atoms with Crippen molar-refractivity contribution >= 4 is 0 Å². The monoisotopic (exact) mass is 287 g/mol. The summed E-state index contributed by atoms with van der Waals surface area (Å²) in [7, 11) is 2.10. The van der Waals surface area contributed by atoms with Gasteiger partial charge in [-0.25, -0.2) is 0 Å². The molecular formula is C15H21N5O. The molecule has 2 aromatic rings. The van der Waals surface area contributed by atoms with Crippen molar-refractivity contribution in [1.82, 2.24) is 20.0 Å². The summed E-state index contributed by atoms with van der Waals surface area (Å²) in [5, 5.41) is 4.01. The van der Waals surface area contributed by atoms with Gasteiger partial charge in [0.1, 0.15) is 5.69 Å². The normalized spacial score (nSPS) is 22.0. The van der Waals surface area contributed by atoms with Crippen LogP contribution in [-0.4, -0.2) is 39.7 Å². The van der Waals surface area contributed by atoms with Crippen molar-refractivity contribution in [3.63, 3.8) is 0 Å². The lowest BCUT2D eigenvalue weighted by Crippen LogP contribution is -2.37. The second kappa shape index (κ2) is 6.32. The minimum atomic E-state index is 0.514. The Balaban J connectivity index is 1.67. The fourth-order valence-electron chi connectivity index (χ4n) is 3.12. The lowest BCUT2D eigenvalue weighted by atomic mass is 10.0. The molecule has 6 heteroatoms. The van der Waals surface area contributed by atoms with Gasteiger partial charge in [0.15, 0.2) is 0 Å². The molecule has 2 heterocycles. The predicted molar refractivity (Wildman–Crippen MR) is 79.2 cm³/mol. The Hall–Kier alpha value is -1.79. The van der Waals surface area contributed by atoms with Crippen LogP contribution in [0.2, 0.25) is 0 Å². The van der Waals surface area contributed by atoms with Gasteiger partial charge in [0.25, 0.3) is 0 Å². The van der Waals surface area contributed by atoms with Gasteiger partial charge in [0.05, 0.1) is 6.54 Å². The fraction of sp³-hybridized carbons (Fsp3) is 0.533. The second-order valence-electron chi connectivity index (χ2n) is 5.64. The lowest BCUT2D eigenvalue weighted by Gasteiger charge is -2.27. The van der Waals surface area contributed by atoms with Gasteiger partial charge in [-0.15, -0.1) is 0 Å². The molecule has 1 saturated carbocycles. The highest BCUT2D eigenvalue weighted by atomic mass is 16.5. The van der Waals surface area contributed by atoms with E-state index < -0.39 is 0 Å². The predicted octanol–water partition coefficient (Wildman–Crippen LogP) is 1.69. The maximum Gasteiger partial charge on any atom is 0.241 e. The van der Waals surface area contributed by atoms with Crippen molar-refractivity contribution in [2.75, 3.05) is 13.6 Å². The third-order valence-corrected chi connectivity index (χ3v) is 4.23. The van der Waals surface area contributed by atoms with Crippen LogP contribution in [0.25, 0.3) is 11.5 Å². The Morgan fingerprint density at radius 3 is 3.05 bits per heavy atom. The number of aromatic nitrogens is 3. The number of pyridine rings is 1. The average Bonchev–Trinajstić information content (AvgIpc) is 3.16. The number of hydrogen-bond donors (Lipinski definition) is 1. The zero-order chi connectivity index (χ0) is 14.7. The Labute approximate surface area is 124 Å². The molecule has 21 heavy (non-hydrogen) atoms. The van der Waals surface area contributed by atoms with E-state index in [4.69, 9.17) is 10.3 Å². The Kier molecular flexibility index (Phi) is 4.26. The Bertz CT molecular complexity index is 570. The standard InChI is InChI=1S/C15H21N5O/c1-20(13-7-4-5-11(13)9-16)10-14-18-15(19-21-14)12-6-2-3-8-17-12/h2-3,6,8,11,13H,4-5,7,9-10,16H2,1H3. The first kappa shape index (κ1) is 14.2. The quantitative estimate of drug-likeness (QED) is 0.901. The molecule has 1 fully saturated rings. The van der Waals surface area contributed by atoms with Crippen LogP contribution >= 0.6 is 0 Å². The molecule has 2 aromatic heterocycles. The zero-order valence-electron chi connectivity index (χ0n) is 12.3. The minimum absolute atomic E-state index is 0.514. The van der Waals surface area contributed by atoms with Gasteiger partial charge in [-0.3, -0.25) is 9.88 Å². The summed E-state index contributed by atoms with van der Waals surface area (Å²) < 4.78 is 5.34. The summed E-state index contributed by atoms with van der Waals surface area (Å²) in [5.41, 5.74) is 6.58. The van der Waals surface area contributed by atoms with Gasteiger partial charge < -0.3 is 10.3 Å². The van der Waals surface area contributed by atoms with Crippen molar-refractivity contribution in [3.05, 3.63) is 30.3 Å². The van der Waals surface area contributed by atoms with Crippen LogP contribution in [-0.2, 0) is 6.54 Å². The molecule has 1 aliphatic rings. The van der Waals surface area contributed by atoms with E-state index in [0.29, 0.717) is 30.2 Å².